The minimum Gasteiger partial charge on any atom is -0.465 e. The van der Waals surface area contributed by atoms with Gasteiger partial charge in [0.05, 0.1) is 29.5 Å². The van der Waals surface area contributed by atoms with Gasteiger partial charge in [0, 0.05) is 0 Å². The first kappa shape index (κ1) is 16.3. The number of carbonyl (C=O) groups excluding carboxylic acids is 1. The van der Waals surface area contributed by atoms with E-state index in [1.807, 2.05) is 0 Å². The van der Waals surface area contributed by atoms with Crippen LogP contribution in [0.2, 0.25) is 5.15 Å². The third-order valence-electron chi connectivity index (χ3n) is 2.90. The highest BCUT2D eigenvalue weighted by Crippen LogP contribution is 2.20. The van der Waals surface area contributed by atoms with E-state index in [0.717, 1.165) is 0 Å². The average molecular weight is 341 g/mol. The summed E-state index contributed by atoms with van der Waals surface area (Å²) in [6.07, 6.45) is 1.30. The topological polar surface area (TPSA) is 85.4 Å². The maximum absolute atomic E-state index is 12.3. The van der Waals surface area contributed by atoms with Gasteiger partial charge in [0.2, 0.25) is 0 Å². The first-order chi connectivity index (χ1) is 10.3. The molecule has 0 aliphatic rings. The molecule has 0 fully saturated rings. The van der Waals surface area contributed by atoms with Gasteiger partial charge in [-0.3, -0.25) is 4.72 Å². The molecule has 2 aromatic rings. The zero-order chi connectivity index (χ0) is 16.3. The summed E-state index contributed by atoms with van der Waals surface area (Å²) in [5.74, 6) is -0.595. The fourth-order valence-electron chi connectivity index (χ4n) is 1.75. The molecule has 1 aromatic carbocycles. The van der Waals surface area contributed by atoms with Crippen LogP contribution in [0.1, 0.15) is 15.9 Å². The predicted molar refractivity (Wildman–Crippen MR) is 82.6 cm³/mol. The number of sulfonamides is 1. The third-order valence-corrected chi connectivity index (χ3v) is 4.51. The summed E-state index contributed by atoms with van der Waals surface area (Å²) in [6, 6.07) is 7.18. The van der Waals surface area contributed by atoms with E-state index in [4.69, 9.17) is 11.6 Å². The molecule has 0 amide bonds. The second-order valence-corrected chi connectivity index (χ2v) is 6.51. The number of aryl methyl sites for hydroxylation is 1. The summed E-state index contributed by atoms with van der Waals surface area (Å²) in [5.41, 5.74) is 1.09. The monoisotopic (exact) mass is 340 g/mol. The van der Waals surface area contributed by atoms with E-state index in [2.05, 4.69) is 14.4 Å². The second-order valence-electron chi connectivity index (χ2n) is 4.44. The van der Waals surface area contributed by atoms with Crippen molar-refractivity contribution in [1.82, 2.24) is 4.98 Å². The number of carbonyl (C=O) groups is 1. The average Bonchev–Trinajstić information content (AvgIpc) is 2.49. The first-order valence-electron chi connectivity index (χ1n) is 6.17. The van der Waals surface area contributed by atoms with Crippen LogP contribution in [-0.2, 0) is 14.8 Å². The van der Waals surface area contributed by atoms with Crippen LogP contribution in [0.15, 0.2) is 41.4 Å². The van der Waals surface area contributed by atoms with Crippen LogP contribution < -0.4 is 4.72 Å². The van der Waals surface area contributed by atoms with E-state index in [-0.39, 0.29) is 21.3 Å². The SMILES string of the molecule is COC(=O)c1cc(S(=O)(=O)Nc2ccc(Cl)nc2)ccc1C. The lowest BCUT2D eigenvalue weighted by atomic mass is 10.1. The third kappa shape index (κ3) is 3.55. The molecule has 116 valence electrons. The van der Waals surface area contributed by atoms with E-state index in [0.29, 0.717) is 5.56 Å². The summed E-state index contributed by atoms with van der Waals surface area (Å²) in [4.78, 5) is 15.4. The van der Waals surface area contributed by atoms with Gasteiger partial charge in [-0.25, -0.2) is 18.2 Å². The Morgan fingerprint density at radius 2 is 2.00 bits per heavy atom. The molecule has 1 heterocycles. The molecule has 0 atom stereocenters. The molecular weight excluding hydrogens is 328 g/mol. The fraction of sp³-hybridized carbons (Fsp3) is 0.143. The van der Waals surface area contributed by atoms with Crippen molar-refractivity contribution in [2.45, 2.75) is 11.8 Å². The Labute approximate surface area is 133 Å². The van der Waals surface area contributed by atoms with Gasteiger partial charge in [-0.2, -0.15) is 0 Å². The molecule has 22 heavy (non-hydrogen) atoms. The van der Waals surface area contributed by atoms with E-state index in [1.54, 1.807) is 13.0 Å². The van der Waals surface area contributed by atoms with Crippen molar-refractivity contribution in [2.24, 2.45) is 0 Å². The maximum atomic E-state index is 12.3. The van der Waals surface area contributed by atoms with Crippen LogP contribution in [0.4, 0.5) is 5.69 Å². The minimum atomic E-state index is -3.85. The number of halogens is 1. The number of aromatic nitrogens is 1. The van der Waals surface area contributed by atoms with E-state index >= 15 is 0 Å². The minimum absolute atomic E-state index is 0.0477. The molecule has 6 nitrogen and oxygen atoms in total. The Hall–Kier alpha value is -2.12. The first-order valence-corrected chi connectivity index (χ1v) is 8.03. The lowest BCUT2D eigenvalue weighted by Gasteiger charge is -2.10. The molecule has 0 spiro atoms. The summed E-state index contributed by atoms with van der Waals surface area (Å²) >= 11 is 5.65. The van der Waals surface area contributed by atoms with E-state index in [9.17, 15) is 13.2 Å². The number of esters is 1. The largest absolute Gasteiger partial charge is 0.465 e. The number of ether oxygens (including phenoxy) is 1. The van der Waals surface area contributed by atoms with Crippen LogP contribution in [0.3, 0.4) is 0 Å². The molecular formula is C14H13ClN2O4S. The number of nitrogens with one attached hydrogen (secondary N) is 1. The number of pyridine rings is 1. The molecule has 8 heteroatoms. The van der Waals surface area contributed by atoms with Crippen LogP contribution in [0.5, 0.6) is 0 Å². The van der Waals surface area contributed by atoms with Crippen molar-refractivity contribution in [1.29, 1.82) is 0 Å². The Kier molecular flexibility index (Phi) is 4.68. The molecule has 0 saturated heterocycles. The van der Waals surface area contributed by atoms with Crippen molar-refractivity contribution in [3.63, 3.8) is 0 Å². The van der Waals surface area contributed by atoms with Gasteiger partial charge in [-0.15, -0.1) is 0 Å². The molecule has 0 radical (unpaired) electrons. The number of hydrogen-bond acceptors (Lipinski definition) is 5. The molecule has 2 rings (SSSR count). The fourth-order valence-corrected chi connectivity index (χ4v) is 2.93. The smallest absolute Gasteiger partial charge is 0.338 e. The Balaban J connectivity index is 2.37. The molecule has 0 aliphatic carbocycles. The zero-order valence-electron chi connectivity index (χ0n) is 11.8. The van der Waals surface area contributed by atoms with Gasteiger partial charge in [0.1, 0.15) is 5.15 Å². The zero-order valence-corrected chi connectivity index (χ0v) is 13.4. The highest BCUT2D eigenvalue weighted by molar-refractivity contribution is 7.92. The number of hydrogen-bond donors (Lipinski definition) is 1. The molecule has 0 bridgehead atoms. The summed E-state index contributed by atoms with van der Waals surface area (Å²) in [5, 5.41) is 0.256. The number of methoxy groups -OCH3 is 1. The van der Waals surface area contributed by atoms with Crippen molar-refractivity contribution >= 4 is 33.3 Å². The van der Waals surface area contributed by atoms with Crippen molar-refractivity contribution in [3.05, 3.63) is 52.8 Å². The van der Waals surface area contributed by atoms with Gasteiger partial charge in [0.25, 0.3) is 10.0 Å². The normalized spacial score (nSPS) is 11.0. The predicted octanol–water partition coefficient (Wildman–Crippen LogP) is 2.63. The summed E-state index contributed by atoms with van der Waals surface area (Å²) < 4.78 is 31.7. The Morgan fingerprint density at radius 3 is 2.59 bits per heavy atom. The maximum Gasteiger partial charge on any atom is 0.338 e. The molecule has 0 unspecified atom stereocenters. The summed E-state index contributed by atoms with van der Waals surface area (Å²) in [7, 11) is -2.61. The van der Waals surface area contributed by atoms with Crippen LogP contribution in [0, 0.1) is 6.92 Å². The van der Waals surface area contributed by atoms with Crippen LogP contribution in [0.25, 0.3) is 0 Å². The van der Waals surface area contributed by atoms with Gasteiger partial charge >= 0.3 is 5.97 Å². The van der Waals surface area contributed by atoms with Gasteiger partial charge in [-0.05, 0) is 36.8 Å². The van der Waals surface area contributed by atoms with E-state index in [1.165, 1.54) is 37.6 Å². The number of nitrogens with zero attached hydrogens (tertiary/aromatic N) is 1. The van der Waals surface area contributed by atoms with Gasteiger partial charge in [0.15, 0.2) is 0 Å². The number of anilines is 1. The second kappa shape index (κ2) is 6.33. The lowest BCUT2D eigenvalue weighted by Crippen LogP contribution is -2.14. The Bertz CT molecular complexity index is 804. The quantitative estimate of drug-likeness (QED) is 0.683. The molecule has 1 N–H and O–H groups in total. The summed E-state index contributed by atoms with van der Waals surface area (Å²) in [6.45, 7) is 1.69. The van der Waals surface area contributed by atoms with Gasteiger partial charge in [-0.1, -0.05) is 17.7 Å². The number of benzene rings is 1. The standard InChI is InChI=1S/C14H13ClN2O4S/c1-9-3-5-11(7-12(9)14(18)21-2)22(19,20)17-10-4-6-13(15)16-8-10/h3-8,17H,1-2H3. The van der Waals surface area contributed by atoms with Gasteiger partial charge < -0.3 is 4.74 Å². The molecule has 0 saturated carbocycles. The van der Waals surface area contributed by atoms with Crippen molar-refractivity contribution in [3.8, 4) is 0 Å². The van der Waals surface area contributed by atoms with Crippen molar-refractivity contribution in [2.75, 3.05) is 11.8 Å². The molecule has 1 aromatic heterocycles. The van der Waals surface area contributed by atoms with Crippen LogP contribution in [-0.4, -0.2) is 26.5 Å². The Morgan fingerprint density at radius 1 is 1.27 bits per heavy atom. The van der Waals surface area contributed by atoms with Crippen molar-refractivity contribution < 1.29 is 17.9 Å². The molecule has 0 aliphatic heterocycles. The highest BCUT2D eigenvalue weighted by atomic mass is 35.5. The number of rotatable bonds is 4. The van der Waals surface area contributed by atoms with E-state index < -0.39 is 16.0 Å². The lowest BCUT2D eigenvalue weighted by molar-refractivity contribution is 0.0599. The van der Waals surface area contributed by atoms with Crippen LogP contribution >= 0.6 is 11.6 Å². The highest BCUT2D eigenvalue weighted by Gasteiger charge is 2.18.